The molecule has 1 aliphatic rings. The van der Waals surface area contributed by atoms with Gasteiger partial charge < -0.3 is 10.3 Å². The van der Waals surface area contributed by atoms with Gasteiger partial charge in [-0.25, -0.2) is 9.37 Å². The van der Waals surface area contributed by atoms with Crippen LogP contribution in [0.4, 0.5) is 10.3 Å². The molecule has 1 fully saturated rings. The second-order valence-corrected chi connectivity index (χ2v) is 5.12. The zero-order chi connectivity index (χ0) is 12.5. The van der Waals surface area contributed by atoms with Gasteiger partial charge in [0.1, 0.15) is 5.82 Å². The molecular formula is C14H18FN3. The van der Waals surface area contributed by atoms with Crippen LogP contribution in [-0.2, 0) is 0 Å². The summed E-state index contributed by atoms with van der Waals surface area (Å²) >= 11 is 0. The first kappa shape index (κ1) is 11.5. The molecule has 2 N–H and O–H groups in total. The molecule has 1 aromatic heterocycles. The first-order valence-electron chi connectivity index (χ1n) is 6.68. The number of aromatic nitrogens is 2. The standard InChI is InChI=1S/C14H18FN3/c15-10-7-8-12-13(9-10)18(14(16)17-12)11-5-3-1-2-4-6-11/h7-9,11H,1-6H2,(H2,16,17). The lowest BCUT2D eigenvalue weighted by atomic mass is 10.1. The summed E-state index contributed by atoms with van der Waals surface area (Å²) in [5.41, 5.74) is 7.64. The number of imidazole rings is 1. The summed E-state index contributed by atoms with van der Waals surface area (Å²) < 4.78 is 15.4. The highest BCUT2D eigenvalue weighted by molar-refractivity contribution is 5.78. The third-order valence-corrected chi connectivity index (χ3v) is 3.87. The van der Waals surface area contributed by atoms with Crippen LogP contribution in [0.25, 0.3) is 11.0 Å². The van der Waals surface area contributed by atoms with Crippen LogP contribution in [0.15, 0.2) is 18.2 Å². The number of rotatable bonds is 1. The lowest BCUT2D eigenvalue weighted by Gasteiger charge is -2.18. The van der Waals surface area contributed by atoms with Gasteiger partial charge in [-0.2, -0.15) is 0 Å². The van der Waals surface area contributed by atoms with E-state index in [-0.39, 0.29) is 5.82 Å². The Balaban J connectivity index is 2.08. The van der Waals surface area contributed by atoms with Crippen molar-refractivity contribution in [3.05, 3.63) is 24.0 Å². The molecule has 0 aliphatic heterocycles. The molecular weight excluding hydrogens is 229 g/mol. The van der Waals surface area contributed by atoms with E-state index in [4.69, 9.17) is 5.73 Å². The molecule has 0 spiro atoms. The molecule has 2 aromatic rings. The Morgan fingerprint density at radius 2 is 1.89 bits per heavy atom. The molecule has 0 radical (unpaired) electrons. The van der Waals surface area contributed by atoms with Crippen molar-refractivity contribution in [1.82, 2.24) is 9.55 Å². The van der Waals surface area contributed by atoms with E-state index in [1.54, 1.807) is 12.1 Å². The van der Waals surface area contributed by atoms with Crippen molar-refractivity contribution in [2.24, 2.45) is 0 Å². The predicted octanol–water partition coefficient (Wildman–Crippen LogP) is 3.65. The summed E-state index contributed by atoms with van der Waals surface area (Å²) in [6, 6.07) is 5.06. The van der Waals surface area contributed by atoms with Gasteiger partial charge in [-0.05, 0) is 31.0 Å². The molecule has 96 valence electrons. The number of nitrogen functional groups attached to an aromatic ring is 1. The minimum atomic E-state index is -0.225. The zero-order valence-corrected chi connectivity index (χ0v) is 10.4. The van der Waals surface area contributed by atoms with E-state index in [1.165, 1.54) is 31.7 Å². The highest BCUT2D eigenvalue weighted by atomic mass is 19.1. The first-order chi connectivity index (χ1) is 8.75. The van der Waals surface area contributed by atoms with E-state index in [1.807, 2.05) is 4.57 Å². The number of hydrogen-bond donors (Lipinski definition) is 1. The summed E-state index contributed by atoms with van der Waals surface area (Å²) in [4.78, 5) is 4.33. The van der Waals surface area contributed by atoms with Crippen LogP contribution in [0.2, 0.25) is 0 Å². The van der Waals surface area contributed by atoms with E-state index in [9.17, 15) is 4.39 Å². The Morgan fingerprint density at radius 3 is 2.61 bits per heavy atom. The Bertz CT molecular complexity index is 553. The minimum absolute atomic E-state index is 0.225. The van der Waals surface area contributed by atoms with E-state index < -0.39 is 0 Å². The minimum Gasteiger partial charge on any atom is -0.369 e. The molecule has 0 bridgehead atoms. The summed E-state index contributed by atoms with van der Waals surface area (Å²) in [6.45, 7) is 0. The molecule has 0 saturated heterocycles. The van der Waals surface area contributed by atoms with E-state index in [2.05, 4.69) is 4.98 Å². The molecule has 1 aromatic carbocycles. The monoisotopic (exact) mass is 247 g/mol. The molecule has 18 heavy (non-hydrogen) atoms. The fourth-order valence-corrected chi connectivity index (χ4v) is 2.98. The first-order valence-corrected chi connectivity index (χ1v) is 6.68. The van der Waals surface area contributed by atoms with E-state index >= 15 is 0 Å². The molecule has 0 amide bonds. The maximum atomic E-state index is 13.4. The molecule has 3 rings (SSSR count). The van der Waals surface area contributed by atoms with Gasteiger partial charge >= 0.3 is 0 Å². The highest BCUT2D eigenvalue weighted by Gasteiger charge is 2.19. The van der Waals surface area contributed by atoms with Crippen molar-refractivity contribution in [3.8, 4) is 0 Å². The van der Waals surface area contributed by atoms with Crippen LogP contribution < -0.4 is 5.73 Å². The van der Waals surface area contributed by atoms with Crippen LogP contribution in [0.3, 0.4) is 0 Å². The van der Waals surface area contributed by atoms with Crippen molar-refractivity contribution in [2.75, 3.05) is 5.73 Å². The Hall–Kier alpha value is -1.58. The van der Waals surface area contributed by atoms with Crippen LogP contribution in [0.1, 0.15) is 44.6 Å². The summed E-state index contributed by atoms with van der Waals surface area (Å²) in [6.07, 6.45) is 7.26. The third kappa shape index (κ3) is 1.96. The number of benzene rings is 1. The van der Waals surface area contributed by atoms with Crippen molar-refractivity contribution < 1.29 is 4.39 Å². The Labute approximate surface area is 106 Å². The normalized spacial score (nSPS) is 18.1. The predicted molar refractivity (Wildman–Crippen MR) is 70.8 cm³/mol. The van der Waals surface area contributed by atoms with Gasteiger partial charge in [0.15, 0.2) is 0 Å². The van der Waals surface area contributed by atoms with Crippen molar-refractivity contribution >= 4 is 17.0 Å². The van der Waals surface area contributed by atoms with Gasteiger partial charge in [0.25, 0.3) is 0 Å². The van der Waals surface area contributed by atoms with Gasteiger partial charge in [-0.1, -0.05) is 25.7 Å². The second kappa shape index (κ2) is 4.59. The largest absolute Gasteiger partial charge is 0.369 e. The molecule has 0 unspecified atom stereocenters. The average Bonchev–Trinajstić information content (AvgIpc) is 2.55. The Kier molecular flexibility index (Phi) is 2.94. The number of anilines is 1. The van der Waals surface area contributed by atoms with Crippen molar-refractivity contribution in [2.45, 2.75) is 44.6 Å². The molecule has 1 saturated carbocycles. The van der Waals surface area contributed by atoms with Gasteiger partial charge in [-0.3, -0.25) is 0 Å². The maximum absolute atomic E-state index is 13.4. The fourth-order valence-electron chi connectivity index (χ4n) is 2.98. The summed E-state index contributed by atoms with van der Waals surface area (Å²) in [5, 5.41) is 0. The quantitative estimate of drug-likeness (QED) is 0.782. The number of fused-ring (bicyclic) bond motifs is 1. The zero-order valence-electron chi connectivity index (χ0n) is 10.4. The lowest BCUT2D eigenvalue weighted by molar-refractivity contribution is 0.459. The SMILES string of the molecule is Nc1nc2ccc(F)cc2n1C1CCCCCC1. The van der Waals surface area contributed by atoms with Crippen molar-refractivity contribution in [1.29, 1.82) is 0 Å². The topological polar surface area (TPSA) is 43.8 Å². The van der Waals surface area contributed by atoms with Gasteiger partial charge in [0, 0.05) is 6.04 Å². The number of hydrogen-bond acceptors (Lipinski definition) is 2. The van der Waals surface area contributed by atoms with E-state index in [0.29, 0.717) is 12.0 Å². The van der Waals surface area contributed by atoms with Gasteiger partial charge in [0.05, 0.1) is 11.0 Å². The molecule has 0 atom stereocenters. The number of nitrogens with zero attached hydrogens (tertiary/aromatic N) is 2. The number of halogens is 1. The van der Waals surface area contributed by atoms with Crippen molar-refractivity contribution in [3.63, 3.8) is 0 Å². The highest BCUT2D eigenvalue weighted by Crippen LogP contribution is 2.32. The van der Waals surface area contributed by atoms with Crippen LogP contribution in [0.5, 0.6) is 0 Å². The maximum Gasteiger partial charge on any atom is 0.201 e. The van der Waals surface area contributed by atoms with Gasteiger partial charge in [0.2, 0.25) is 5.95 Å². The van der Waals surface area contributed by atoms with Crippen LogP contribution >= 0.6 is 0 Å². The smallest absolute Gasteiger partial charge is 0.201 e. The van der Waals surface area contributed by atoms with Crippen LogP contribution in [-0.4, -0.2) is 9.55 Å². The molecule has 3 nitrogen and oxygen atoms in total. The second-order valence-electron chi connectivity index (χ2n) is 5.12. The summed E-state index contributed by atoms with van der Waals surface area (Å²) in [5.74, 6) is 0.291. The average molecular weight is 247 g/mol. The van der Waals surface area contributed by atoms with E-state index in [0.717, 1.165) is 23.9 Å². The van der Waals surface area contributed by atoms with Crippen LogP contribution in [0, 0.1) is 5.82 Å². The molecule has 1 heterocycles. The van der Waals surface area contributed by atoms with Gasteiger partial charge in [-0.15, -0.1) is 0 Å². The molecule has 1 aliphatic carbocycles. The lowest BCUT2D eigenvalue weighted by Crippen LogP contribution is -2.11. The molecule has 4 heteroatoms. The summed E-state index contributed by atoms with van der Waals surface area (Å²) in [7, 11) is 0. The number of nitrogens with two attached hydrogens (primary N) is 1. The Morgan fingerprint density at radius 1 is 1.17 bits per heavy atom. The third-order valence-electron chi connectivity index (χ3n) is 3.87. The fraction of sp³-hybridized carbons (Fsp3) is 0.500.